The number of hydrogen-bond acceptors (Lipinski definition) is 3. The Morgan fingerprint density at radius 3 is 2.67 bits per heavy atom. The van der Waals surface area contributed by atoms with Gasteiger partial charge < -0.3 is 5.32 Å². The Morgan fingerprint density at radius 2 is 2.25 bits per heavy atom. The minimum atomic E-state index is 0.178. The van der Waals surface area contributed by atoms with Gasteiger partial charge in [-0.1, -0.05) is 0 Å². The van der Waals surface area contributed by atoms with E-state index >= 15 is 0 Å². The van der Waals surface area contributed by atoms with Crippen LogP contribution in [0.15, 0.2) is 5.51 Å². The third kappa shape index (κ3) is 2.29. The fraction of sp³-hybridized carbons (Fsp3) is 0.667. The van der Waals surface area contributed by atoms with Crippen molar-refractivity contribution in [3.8, 4) is 0 Å². The largest absolute Gasteiger partial charge is 0.314 e. The highest BCUT2D eigenvalue weighted by atomic mass is 32.1. The number of hydrogen-bond donors (Lipinski definition) is 1. The Morgan fingerprint density at radius 1 is 1.58 bits per heavy atom. The molecule has 1 rings (SSSR count). The molecule has 0 saturated carbocycles. The molecule has 0 amide bonds. The molecule has 0 aliphatic carbocycles. The molecule has 0 aliphatic rings. The molecular weight excluding hydrogens is 168 g/mol. The van der Waals surface area contributed by atoms with Crippen molar-refractivity contribution in [1.29, 1.82) is 0 Å². The van der Waals surface area contributed by atoms with Crippen molar-refractivity contribution in [2.75, 3.05) is 7.05 Å². The minimum Gasteiger partial charge on any atom is -0.314 e. The summed E-state index contributed by atoms with van der Waals surface area (Å²) in [5.74, 6) is 0. The number of nitrogens with one attached hydrogen (secondary N) is 1. The predicted molar refractivity (Wildman–Crippen MR) is 53.7 cm³/mol. The topological polar surface area (TPSA) is 24.9 Å². The summed E-state index contributed by atoms with van der Waals surface area (Å²) in [7, 11) is 2.00. The summed E-state index contributed by atoms with van der Waals surface area (Å²) in [6, 6.07) is 0. The van der Waals surface area contributed by atoms with Crippen LogP contribution in [0.5, 0.6) is 0 Å². The fourth-order valence-electron chi connectivity index (χ4n) is 0.986. The lowest BCUT2D eigenvalue weighted by molar-refractivity contribution is 0.424. The van der Waals surface area contributed by atoms with Crippen LogP contribution in [0, 0.1) is 6.92 Å². The first-order valence-electron chi connectivity index (χ1n) is 4.13. The number of nitrogens with zero attached hydrogens (tertiary/aromatic N) is 1. The Hall–Kier alpha value is -0.410. The van der Waals surface area contributed by atoms with Gasteiger partial charge in [0.15, 0.2) is 0 Å². The zero-order valence-electron chi connectivity index (χ0n) is 8.14. The lowest BCUT2D eigenvalue weighted by Crippen LogP contribution is -2.38. The Balaban J connectivity index is 2.70. The van der Waals surface area contributed by atoms with E-state index in [0.717, 1.165) is 6.42 Å². The molecule has 68 valence electrons. The first-order chi connectivity index (χ1) is 5.55. The van der Waals surface area contributed by atoms with E-state index in [-0.39, 0.29) is 5.54 Å². The van der Waals surface area contributed by atoms with Gasteiger partial charge in [-0.3, -0.25) is 0 Å². The molecule has 1 aromatic heterocycles. The third-order valence-electron chi connectivity index (χ3n) is 2.12. The van der Waals surface area contributed by atoms with Gasteiger partial charge in [0, 0.05) is 16.8 Å². The van der Waals surface area contributed by atoms with Crippen LogP contribution < -0.4 is 5.32 Å². The summed E-state index contributed by atoms with van der Waals surface area (Å²) < 4.78 is 0. The maximum atomic E-state index is 4.23. The Kier molecular flexibility index (Phi) is 2.85. The number of aryl methyl sites for hydroxylation is 1. The third-order valence-corrected chi connectivity index (χ3v) is 3.06. The summed E-state index contributed by atoms with van der Waals surface area (Å²) in [5, 5.41) is 3.29. The first-order valence-corrected chi connectivity index (χ1v) is 5.01. The van der Waals surface area contributed by atoms with Crippen LogP contribution in [-0.4, -0.2) is 17.6 Å². The smallest absolute Gasteiger partial charge is 0.0797 e. The zero-order valence-corrected chi connectivity index (χ0v) is 8.96. The summed E-state index contributed by atoms with van der Waals surface area (Å²) in [6.45, 7) is 6.47. The molecular formula is C9H16N2S. The second kappa shape index (κ2) is 3.54. The standard InChI is InChI=1S/C9H16N2S/c1-7-8(12-6-11-7)5-9(2,3)10-4/h6,10H,5H2,1-4H3. The van der Waals surface area contributed by atoms with Gasteiger partial charge in [0.05, 0.1) is 11.2 Å². The highest BCUT2D eigenvalue weighted by Crippen LogP contribution is 2.18. The second-order valence-corrected chi connectivity index (χ2v) is 4.61. The molecule has 0 saturated heterocycles. The fourth-order valence-corrected chi connectivity index (χ4v) is 1.99. The molecule has 0 spiro atoms. The van der Waals surface area contributed by atoms with Crippen molar-refractivity contribution in [2.24, 2.45) is 0 Å². The van der Waals surface area contributed by atoms with Crippen LogP contribution in [0.3, 0.4) is 0 Å². The van der Waals surface area contributed by atoms with E-state index in [4.69, 9.17) is 0 Å². The normalized spacial score (nSPS) is 12.0. The van der Waals surface area contributed by atoms with Crippen LogP contribution in [0.4, 0.5) is 0 Å². The molecule has 1 aromatic rings. The quantitative estimate of drug-likeness (QED) is 0.777. The molecule has 1 heterocycles. The predicted octanol–water partition coefficient (Wildman–Crippen LogP) is 1.99. The van der Waals surface area contributed by atoms with E-state index in [9.17, 15) is 0 Å². The molecule has 3 heteroatoms. The average Bonchev–Trinajstić information content (AvgIpc) is 2.36. The van der Waals surface area contributed by atoms with Gasteiger partial charge in [0.1, 0.15) is 0 Å². The molecule has 0 aromatic carbocycles. The Labute approximate surface area is 78.0 Å². The first kappa shape index (κ1) is 9.68. The summed E-state index contributed by atoms with van der Waals surface area (Å²) in [6.07, 6.45) is 1.06. The van der Waals surface area contributed by atoms with E-state index in [1.807, 2.05) is 12.6 Å². The lowest BCUT2D eigenvalue weighted by atomic mass is 9.99. The van der Waals surface area contributed by atoms with E-state index < -0.39 is 0 Å². The molecule has 0 aliphatic heterocycles. The van der Waals surface area contributed by atoms with Gasteiger partial charge >= 0.3 is 0 Å². The van der Waals surface area contributed by atoms with Crippen LogP contribution in [0.1, 0.15) is 24.4 Å². The molecule has 12 heavy (non-hydrogen) atoms. The van der Waals surface area contributed by atoms with E-state index in [0.29, 0.717) is 0 Å². The highest BCUT2D eigenvalue weighted by Gasteiger charge is 2.17. The van der Waals surface area contributed by atoms with Gasteiger partial charge in [-0.15, -0.1) is 11.3 Å². The molecule has 0 bridgehead atoms. The molecule has 0 fully saturated rings. The second-order valence-electron chi connectivity index (χ2n) is 3.67. The van der Waals surface area contributed by atoms with Crippen molar-refractivity contribution in [3.63, 3.8) is 0 Å². The number of rotatable bonds is 3. The van der Waals surface area contributed by atoms with E-state index in [1.165, 1.54) is 10.6 Å². The molecule has 2 nitrogen and oxygen atoms in total. The molecule has 0 radical (unpaired) electrons. The highest BCUT2D eigenvalue weighted by molar-refractivity contribution is 7.09. The number of likely N-dealkylation sites (N-methyl/N-ethyl adjacent to an activating group) is 1. The van der Waals surface area contributed by atoms with Gasteiger partial charge in [0.25, 0.3) is 0 Å². The van der Waals surface area contributed by atoms with Crippen molar-refractivity contribution in [3.05, 3.63) is 16.1 Å². The van der Waals surface area contributed by atoms with Crippen molar-refractivity contribution < 1.29 is 0 Å². The summed E-state index contributed by atoms with van der Waals surface area (Å²) >= 11 is 1.74. The van der Waals surface area contributed by atoms with Crippen LogP contribution in [0.2, 0.25) is 0 Å². The van der Waals surface area contributed by atoms with Gasteiger partial charge in [-0.25, -0.2) is 4.98 Å². The zero-order chi connectivity index (χ0) is 9.19. The maximum absolute atomic E-state index is 4.23. The van der Waals surface area contributed by atoms with E-state index in [1.54, 1.807) is 11.3 Å². The van der Waals surface area contributed by atoms with Gasteiger partial charge in [-0.05, 0) is 27.8 Å². The minimum absolute atomic E-state index is 0.178. The van der Waals surface area contributed by atoms with Crippen LogP contribution in [0.25, 0.3) is 0 Å². The monoisotopic (exact) mass is 184 g/mol. The molecule has 1 N–H and O–H groups in total. The van der Waals surface area contributed by atoms with Gasteiger partial charge in [0.2, 0.25) is 0 Å². The average molecular weight is 184 g/mol. The van der Waals surface area contributed by atoms with Crippen molar-refractivity contribution in [1.82, 2.24) is 10.3 Å². The number of aromatic nitrogens is 1. The number of thiazole rings is 1. The summed E-state index contributed by atoms with van der Waals surface area (Å²) in [4.78, 5) is 5.61. The lowest BCUT2D eigenvalue weighted by Gasteiger charge is -2.23. The molecule has 0 atom stereocenters. The SMILES string of the molecule is CNC(C)(C)Cc1scnc1C. The summed E-state index contributed by atoms with van der Waals surface area (Å²) in [5.41, 5.74) is 3.26. The van der Waals surface area contributed by atoms with Crippen LogP contribution in [-0.2, 0) is 6.42 Å². The van der Waals surface area contributed by atoms with Crippen molar-refractivity contribution >= 4 is 11.3 Å². The molecule has 0 unspecified atom stereocenters. The van der Waals surface area contributed by atoms with Crippen molar-refractivity contribution in [2.45, 2.75) is 32.7 Å². The van der Waals surface area contributed by atoms with Crippen LogP contribution >= 0.6 is 11.3 Å². The van der Waals surface area contributed by atoms with E-state index in [2.05, 4.69) is 31.1 Å². The van der Waals surface area contributed by atoms with Gasteiger partial charge in [-0.2, -0.15) is 0 Å². The Bertz CT molecular complexity index is 253. The maximum Gasteiger partial charge on any atom is 0.0797 e.